The second kappa shape index (κ2) is 5.16. The average molecular weight is 299 g/mol. The van der Waals surface area contributed by atoms with Crippen LogP contribution < -0.4 is 5.32 Å². The van der Waals surface area contributed by atoms with Crippen molar-refractivity contribution < 1.29 is 30.8 Å². The number of anilines is 1. The molecule has 0 saturated carbocycles. The number of alkyl halides is 4. The molecule has 0 heterocycles. The maximum atomic E-state index is 12.7. The second-order valence-electron chi connectivity index (χ2n) is 3.68. The number of amides is 1. The van der Waals surface area contributed by atoms with Gasteiger partial charge in [0.1, 0.15) is 0 Å². The fraction of sp³-hybridized carbons (Fsp3) is 0.300. The molecule has 0 fully saturated rings. The van der Waals surface area contributed by atoms with E-state index in [-0.39, 0.29) is 10.6 Å². The number of carbonyl (C=O) groups excluding carboxylic acids is 1. The van der Waals surface area contributed by atoms with E-state index in [9.17, 15) is 30.8 Å². The van der Waals surface area contributed by atoms with Crippen molar-refractivity contribution in [3.05, 3.63) is 24.3 Å². The number of benzene rings is 1. The lowest BCUT2D eigenvalue weighted by molar-refractivity contribution is -0.163. The molecule has 0 spiro atoms. The smallest absolute Gasteiger partial charge is 0.321 e. The quantitative estimate of drug-likeness (QED) is 0.864. The monoisotopic (exact) mass is 299 g/mol. The molecule has 0 aliphatic carbocycles. The molecule has 0 bridgehead atoms. The van der Waals surface area contributed by atoms with Gasteiger partial charge in [-0.15, -0.1) is 0 Å². The lowest BCUT2D eigenvalue weighted by Gasteiger charge is -2.15. The molecule has 1 aromatic carbocycles. The summed E-state index contributed by atoms with van der Waals surface area (Å²) in [4.78, 5) is 10.7. The summed E-state index contributed by atoms with van der Waals surface area (Å²) in [7, 11) is -3.60. The summed E-state index contributed by atoms with van der Waals surface area (Å²) in [6, 6.07) is 4.37. The minimum Gasteiger partial charge on any atom is -0.321 e. The Hall–Kier alpha value is -1.64. The van der Waals surface area contributed by atoms with Crippen LogP contribution in [0.25, 0.3) is 0 Å². The van der Waals surface area contributed by atoms with Crippen molar-refractivity contribution in [2.75, 3.05) is 11.6 Å². The highest BCUT2D eigenvalue weighted by molar-refractivity contribution is 7.90. The molecule has 1 aromatic rings. The Labute approximate surface area is 106 Å². The predicted octanol–water partition coefficient (Wildman–Crippen LogP) is 1.93. The summed E-state index contributed by atoms with van der Waals surface area (Å²) in [5.74, 6) is -7.05. The van der Waals surface area contributed by atoms with E-state index in [0.29, 0.717) is 0 Å². The molecule has 0 atom stereocenters. The molecule has 0 radical (unpaired) electrons. The number of nitrogens with one attached hydrogen (secondary N) is 1. The molecule has 1 N–H and O–H groups in total. The van der Waals surface area contributed by atoms with E-state index in [4.69, 9.17) is 0 Å². The highest BCUT2D eigenvalue weighted by Crippen LogP contribution is 2.25. The largest absolute Gasteiger partial charge is 0.383 e. The van der Waals surface area contributed by atoms with Crippen molar-refractivity contribution in [1.82, 2.24) is 0 Å². The SMILES string of the molecule is CS(=O)(=O)c1cccc(NC(=O)C(F)(F)C(F)F)c1. The third kappa shape index (κ3) is 3.66. The van der Waals surface area contributed by atoms with Gasteiger partial charge < -0.3 is 5.32 Å². The van der Waals surface area contributed by atoms with Crippen LogP contribution in [0.15, 0.2) is 29.2 Å². The van der Waals surface area contributed by atoms with Gasteiger partial charge in [0, 0.05) is 11.9 Å². The van der Waals surface area contributed by atoms with E-state index in [1.165, 1.54) is 12.1 Å². The first-order valence-electron chi connectivity index (χ1n) is 4.82. The van der Waals surface area contributed by atoms with Crippen LogP contribution in [-0.2, 0) is 14.6 Å². The molecule has 1 amide bonds. The molecular weight excluding hydrogens is 290 g/mol. The van der Waals surface area contributed by atoms with E-state index in [0.717, 1.165) is 18.4 Å². The Kier molecular flexibility index (Phi) is 4.18. The standard InChI is InChI=1S/C10H9F4NO3S/c1-19(17,18)7-4-2-3-6(5-7)15-9(16)10(13,14)8(11)12/h2-5,8H,1H3,(H,15,16). The van der Waals surface area contributed by atoms with Crippen LogP contribution in [0.1, 0.15) is 0 Å². The van der Waals surface area contributed by atoms with Crippen molar-refractivity contribution in [2.45, 2.75) is 17.2 Å². The molecule has 9 heteroatoms. The van der Waals surface area contributed by atoms with Crippen molar-refractivity contribution in [3.8, 4) is 0 Å². The highest BCUT2D eigenvalue weighted by Gasteiger charge is 2.48. The molecule has 0 saturated heterocycles. The summed E-state index contributed by atoms with van der Waals surface area (Å²) in [5.41, 5.74) is -0.312. The zero-order valence-electron chi connectivity index (χ0n) is 9.53. The molecule has 0 aromatic heterocycles. The number of hydrogen-bond donors (Lipinski definition) is 1. The first-order chi connectivity index (χ1) is 8.55. The van der Waals surface area contributed by atoms with Gasteiger partial charge in [-0.25, -0.2) is 17.2 Å². The fourth-order valence-corrected chi connectivity index (χ4v) is 1.78. The Bertz CT molecular complexity index is 586. The summed E-state index contributed by atoms with van der Waals surface area (Å²) < 4.78 is 71.6. The van der Waals surface area contributed by atoms with E-state index in [2.05, 4.69) is 0 Å². The Balaban J connectivity index is 2.99. The molecule has 19 heavy (non-hydrogen) atoms. The minimum absolute atomic E-state index is 0.231. The highest BCUT2D eigenvalue weighted by atomic mass is 32.2. The molecule has 4 nitrogen and oxygen atoms in total. The minimum atomic E-state index is -4.85. The van der Waals surface area contributed by atoms with E-state index >= 15 is 0 Å². The Morgan fingerprint density at radius 2 is 1.89 bits per heavy atom. The summed E-state index contributed by atoms with van der Waals surface area (Å²) in [6.07, 6.45) is -3.27. The molecule has 0 aliphatic heterocycles. The fourth-order valence-electron chi connectivity index (χ4n) is 1.12. The van der Waals surface area contributed by atoms with Crippen molar-refractivity contribution in [1.29, 1.82) is 0 Å². The molecular formula is C10H9F4NO3S. The molecule has 106 valence electrons. The molecule has 0 unspecified atom stereocenters. The van der Waals surface area contributed by atoms with Gasteiger partial charge in [-0.3, -0.25) is 4.79 Å². The Morgan fingerprint density at radius 3 is 2.37 bits per heavy atom. The first kappa shape index (κ1) is 15.4. The van der Waals surface area contributed by atoms with Crippen LogP contribution in [0.3, 0.4) is 0 Å². The summed E-state index contributed by atoms with van der Waals surface area (Å²) in [6.45, 7) is 0. The molecule has 1 rings (SSSR count). The van der Waals surface area contributed by atoms with Crippen LogP contribution in [0.4, 0.5) is 23.2 Å². The van der Waals surface area contributed by atoms with E-state index < -0.39 is 28.1 Å². The van der Waals surface area contributed by atoms with Crippen LogP contribution in [0.2, 0.25) is 0 Å². The van der Waals surface area contributed by atoms with Crippen LogP contribution >= 0.6 is 0 Å². The van der Waals surface area contributed by atoms with E-state index in [1.54, 1.807) is 5.32 Å². The van der Waals surface area contributed by atoms with Crippen LogP contribution in [0.5, 0.6) is 0 Å². The van der Waals surface area contributed by atoms with Gasteiger partial charge in [0.05, 0.1) is 4.90 Å². The number of halogens is 4. The average Bonchev–Trinajstić information content (AvgIpc) is 2.27. The Morgan fingerprint density at radius 1 is 1.32 bits per heavy atom. The van der Waals surface area contributed by atoms with Gasteiger partial charge in [-0.05, 0) is 18.2 Å². The third-order valence-electron chi connectivity index (χ3n) is 2.10. The maximum absolute atomic E-state index is 12.7. The number of carbonyl (C=O) groups is 1. The van der Waals surface area contributed by atoms with Crippen LogP contribution in [-0.4, -0.2) is 32.9 Å². The van der Waals surface area contributed by atoms with Gasteiger partial charge >= 0.3 is 18.3 Å². The number of sulfone groups is 1. The third-order valence-corrected chi connectivity index (χ3v) is 3.21. The predicted molar refractivity (Wildman–Crippen MR) is 59.1 cm³/mol. The van der Waals surface area contributed by atoms with Gasteiger partial charge in [-0.1, -0.05) is 6.07 Å². The van der Waals surface area contributed by atoms with Crippen molar-refractivity contribution in [3.63, 3.8) is 0 Å². The first-order valence-corrected chi connectivity index (χ1v) is 6.72. The van der Waals surface area contributed by atoms with E-state index in [1.807, 2.05) is 0 Å². The van der Waals surface area contributed by atoms with Crippen molar-refractivity contribution in [2.24, 2.45) is 0 Å². The van der Waals surface area contributed by atoms with Gasteiger partial charge in [0.2, 0.25) is 0 Å². The number of hydrogen-bond acceptors (Lipinski definition) is 3. The second-order valence-corrected chi connectivity index (χ2v) is 5.69. The zero-order valence-corrected chi connectivity index (χ0v) is 10.3. The normalized spacial score (nSPS) is 12.5. The van der Waals surface area contributed by atoms with Crippen molar-refractivity contribution >= 4 is 21.4 Å². The lowest BCUT2D eigenvalue weighted by Crippen LogP contribution is -2.41. The van der Waals surface area contributed by atoms with Gasteiger partial charge in [0.15, 0.2) is 9.84 Å². The van der Waals surface area contributed by atoms with Gasteiger partial charge in [0.25, 0.3) is 0 Å². The van der Waals surface area contributed by atoms with Crippen LogP contribution in [0, 0.1) is 0 Å². The number of rotatable bonds is 4. The molecule has 0 aliphatic rings. The summed E-state index contributed by atoms with van der Waals surface area (Å²) >= 11 is 0. The summed E-state index contributed by atoms with van der Waals surface area (Å²) in [5, 5.41) is 1.54. The lowest BCUT2D eigenvalue weighted by atomic mass is 10.3. The maximum Gasteiger partial charge on any atom is 0.383 e. The van der Waals surface area contributed by atoms with Gasteiger partial charge in [-0.2, -0.15) is 8.78 Å². The topological polar surface area (TPSA) is 63.2 Å². The zero-order chi connectivity index (χ0) is 14.8.